The summed E-state index contributed by atoms with van der Waals surface area (Å²) < 4.78 is 12.6. The largest absolute Gasteiger partial charge is 0.493 e. The summed E-state index contributed by atoms with van der Waals surface area (Å²) in [5.74, 6) is -0.258. The van der Waals surface area contributed by atoms with Gasteiger partial charge in [-0.15, -0.1) is 0 Å². The van der Waals surface area contributed by atoms with E-state index < -0.39 is 5.97 Å². The number of carbonyl (C=O) groups is 3. The fourth-order valence-corrected chi connectivity index (χ4v) is 4.91. The molecule has 1 fully saturated rings. The average molecular weight is 650 g/mol. The van der Waals surface area contributed by atoms with Gasteiger partial charge in [0.15, 0.2) is 11.5 Å². The van der Waals surface area contributed by atoms with Crippen LogP contribution in [-0.4, -0.2) is 29.1 Å². The first-order valence-corrected chi connectivity index (χ1v) is 12.7. The van der Waals surface area contributed by atoms with Crippen molar-refractivity contribution < 1.29 is 23.9 Å². The van der Waals surface area contributed by atoms with E-state index in [1.807, 2.05) is 36.4 Å². The molecule has 0 aromatic heterocycles. The van der Waals surface area contributed by atoms with Crippen molar-refractivity contribution in [2.75, 3.05) is 7.11 Å². The van der Waals surface area contributed by atoms with Gasteiger partial charge < -0.3 is 9.47 Å². The molecular formula is C25H17BrINO5S. The van der Waals surface area contributed by atoms with Crippen molar-refractivity contribution in [1.82, 2.24) is 4.90 Å². The average Bonchev–Trinajstić information content (AvgIpc) is 3.08. The van der Waals surface area contributed by atoms with Crippen molar-refractivity contribution in [3.05, 3.63) is 96.4 Å². The summed E-state index contributed by atoms with van der Waals surface area (Å²) in [6, 6.07) is 19.5. The maximum absolute atomic E-state index is 12.9. The summed E-state index contributed by atoms with van der Waals surface area (Å²) in [6.45, 7) is 0.200. The zero-order valence-electron chi connectivity index (χ0n) is 17.8. The number of thioether (sulfide) groups is 1. The predicted octanol–water partition coefficient (Wildman–Crippen LogP) is 6.52. The number of halogens is 2. The molecule has 0 radical (unpaired) electrons. The number of carbonyl (C=O) groups excluding carboxylic acids is 3. The van der Waals surface area contributed by atoms with Crippen LogP contribution in [0.3, 0.4) is 0 Å². The van der Waals surface area contributed by atoms with E-state index in [1.165, 1.54) is 12.0 Å². The third-order valence-electron chi connectivity index (χ3n) is 4.91. The minimum absolute atomic E-state index is 0.200. The molecule has 3 aromatic carbocycles. The van der Waals surface area contributed by atoms with E-state index in [0.29, 0.717) is 21.8 Å². The van der Waals surface area contributed by atoms with Gasteiger partial charge in [-0.25, -0.2) is 4.79 Å². The number of hydrogen-bond donors (Lipinski definition) is 0. The number of hydrogen-bond acceptors (Lipinski definition) is 6. The van der Waals surface area contributed by atoms with Crippen LogP contribution in [-0.2, 0) is 11.3 Å². The Kier molecular flexibility index (Phi) is 7.74. The lowest BCUT2D eigenvalue weighted by Crippen LogP contribution is -2.27. The van der Waals surface area contributed by atoms with E-state index >= 15 is 0 Å². The fourth-order valence-electron chi connectivity index (χ4n) is 3.20. The molecule has 4 rings (SSSR count). The quantitative estimate of drug-likeness (QED) is 0.131. The van der Waals surface area contributed by atoms with Crippen LogP contribution >= 0.6 is 50.3 Å². The SMILES string of the molecule is COc1cc(/C=C2\SC(=O)N(Cc3ccc(Br)cc3)C2=O)ccc1OC(=O)c1ccccc1I. The van der Waals surface area contributed by atoms with Gasteiger partial charge in [-0.2, -0.15) is 0 Å². The predicted molar refractivity (Wildman–Crippen MR) is 143 cm³/mol. The van der Waals surface area contributed by atoms with Gasteiger partial charge in [-0.05, 0) is 88.0 Å². The van der Waals surface area contributed by atoms with Gasteiger partial charge >= 0.3 is 5.97 Å². The number of benzene rings is 3. The second-order valence-electron chi connectivity index (χ2n) is 7.17. The van der Waals surface area contributed by atoms with Crippen LogP contribution in [0, 0.1) is 3.57 Å². The molecule has 0 N–H and O–H groups in total. The number of amides is 2. The molecule has 9 heteroatoms. The highest BCUT2D eigenvalue weighted by Gasteiger charge is 2.35. The highest BCUT2D eigenvalue weighted by Crippen LogP contribution is 2.35. The zero-order chi connectivity index (χ0) is 24.2. The molecule has 1 aliphatic heterocycles. The minimum atomic E-state index is -0.495. The lowest BCUT2D eigenvalue weighted by molar-refractivity contribution is -0.123. The topological polar surface area (TPSA) is 72.9 Å². The number of imide groups is 1. The maximum Gasteiger partial charge on any atom is 0.344 e. The van der Waals surface area contributed by atoms with E-state index in [0.717, 1.165) is 25.4 Å². The third-order valence-corrected chi connectivity index (χ3v) is 7.29. The zero-order valence-corrected chi connectivity index (χ0v) is 22.3. The molecule has 0 spiro atoms. The van der Waals surface area contributed by atoms with Crippen molar-refractivity contribution >= 4 is 73.5 Å². The first-order valence-electron chi connectivity index (χ1n) is 10.0. The molecule has 1 saturated heterocycles. The Labute approximate surface area is 222 Å². The first-order chi connectivity index (χ1) is 16.4. The highest BCUT2D eigenvalue weighted by molar-refractivity contribution is 14.1. The standard InChI is InChI=1S/C25H17BrINO5S/c1-32-21-12-16(8-11-20(21)33-24(30)18-4-2-3-5-19(18)27)13-22-23(29)28(25(31)34-22)14-15-6-9-17(26)10-7-15/h2-13H,14H2,1H3/b22-13-. The fraction of sp³-hybridized carbons (Fsp3) is 0.0800. The molecule has 3 aromatic rings. The van der Waals surface area contributed by atoms with E-state index in [2.05, 4.69) is 38.5 Å². The number of ether oxygens (including phenoxy) is 2. The Balaban J connectivity index is 1.52. The van der Waals surface area contributed by atoms with Crippen LogP contribution in [0.15, 0.2) is 76.1 Å². The maximum atomic E-state index is 12.9. The number of methoxy groups -OCH3 is 1. The summed E-state index contributed by atoms with van der Waals surface area (Å²) in [7, 11) is 1.47. The van der Waals surface area contributed by atoms with Crippen molar-refractivity contribution in [2.24, 2.45) is 0 Å². The van der Waals surface area contributed by atoms with E-state index in [1.54, 1.807) is 36.4 Å². The van der Waals surface area contributed by atoms with Gasteiger partial charge in [0.1, 0.15) is 0 Å². The molecule has 0 unspecified atom stereocenters. The van der Waals surface area contributed by atoms with Crippen molar-refractivity contribution in [2.45, 2.75) is 6.54 Å². The van der Waals surface area contributed by atoms with Crippen LogP contribution in [0.2, 0.25) is 0 Å². The molecule has 0 atom stereocenters. The normalized spacial score (nSPS) is 14.6. The Morgan fingerprint density at radius 3 is 2.50 bits per heavy atom. The Morgan fingerprint density at radius 1 is 1.06 bits per heavy atom. The molecule has 1 aliphatic rings. The van der Waals surface area contributed by atoms with Gasteiger partial charge in [-0.1, -0.05) is 46.3 Å². The van der Waals surface area contributed by atoms with E-state index in [-0.39, 0.29) is 23.4 Å². The third kappa shape index (κ3) is 5.53. The van der Waals surface area contributed by atoms with E-state index in [4.69, 9.17) is 9.47 Å². The van der Waals surface area contributed by atoms with E-state index in [9.17, 15) is 14.4 Å². The Bertz CT molecular complexity index is 1310. The Hall–Kier alpha value is -2.63. The monoisotopic (exact) mass is 649 g/mol. The van der Waals surface area contributed by atoms with Crippen LogP contribution in [0.25, 0.3) is 6.08 Å². The van der Waals surface area contributed by atoms with Crippen molar-refractivity contribution in [3.8, 4) is 11.5 Å². The number of rotatable bonds is 6. The number of esters is 1. The van der Waals surface area contributed by atoms with Gasteiger partial charge in [0, 0.05) is 8.04 Å². The smallest absolute Gasteiger partial charge is 0.344 e. The first kappa shape index (κ1) is 24.5. The summed E-state index contributed by atoms with van der Waals surface area (Å²) in [5.41, 5.74) is 1.95. The van der Waals surface area contributed by atoms with Gasteiger partial charge in [0.2, 0.25) is 0 Å². The summed E-state index contributed by atoms with van der Waals surface area (Å²) in [6.07, 6.45) is 1.63. The lowest BCUT2D eigenvalue weighted by atomic mass is 10.1. The highest BCUT2D eigenvalue weighted by atomic mass is 127. The van der Waals surface area contributed by atoms with Crippen LogP contribution < -0.4 is 9.47 Å². The molecule has 6 nitrogen and oxygen atoms in total. The lowest BCUT2D eigenvalue weighted by Gasteiger charge is -2.12. The summed E-state index contributed by atoms with van der Waals surface area (Å²) in [4.78, 5) is 39.4. The van der Waals surface area contributed by atoms with Crippen LogP contribution in [0.4, 0.5) is 4.79 Å². The molecule has 34 heavy (non-hydrogen) atoms. The molecule has 172 valence electrons. The molecule has 0 aliphatic carbocycles. The summed E-state index contributed by atoms with van der Waals surface area (Å²) >= 11 is 6.34. The molecule has 1 heterocycles. The second kappa shape index (κ2) is 10.7. The van der Waals surface area contributed by atoms with Gasteiger partial charge in [-0.3, -0.25) is 14.5 Å². The minimum Gasteiger partial charge on any atom is -0.493 e. The van der Waals surface area contributed by atoms with Gasteiger partial charge in [0.25, 0.3) is 11.1 Å². The molecule has 2 amide bonds. The van der Waals surface area contributed by atoms with Crippen LogP contribution in [0.5, 0.6) is 11.5 Å². The second-order valence-corrected chi connectivity index (χ2v) is 10.2. The number of nitrogens with zero attached hydrogens (tertiary/aromatic N) is 1. The molecule has 0 saturated carbocycles. The Morgan fingerprint density at radius 2 is 1.79 bits per heavy atom. The van der Waals surface area contributed by atoms with Crippen molar-refractivity contribution in [1.29, 1.82) is 0 Å². The summed E-state index contributed by atoms with van der Waals surface area (Å²) in [5, 5.41) is -0.325. The van der Waals surface area contributed by atoms with Crippen molar-refractivity contribution in [3.63, 3.8) is 0 Å². The molecule has 0 bridgehead atoms. The van der Waals surface area contributed by atoms with Gasteiger partial charge in [0.05, 0.1) is 24.1 Å². The van der Waals surface area contributed by atoms with Crippen LogP contribution in [0.1, 0.15) is 21.5 Å². The molecular weight excluding hydrogens is 633 g/mol.